The molecule has 15 atom stereocenters. The third-order valence-corrected chi connectivity index (χ3v) is 26.3. The van der Waals surface area contributed by atoms with Crippen molar-refractivity contribution in [2.24, 2.45) is 0 Å². The molecular formula is C98H113NO18Si. The smallest absolute Gasteiger partial charge is 0.407 e. The molecule has 0 saturated carbocycles. The molecule has 3 heterocycles. The summed E-state index contributed by atoms with van der Waals surface area (Å²) in [6, 6.07) is 102. The van der Waals surface area contributed by atoms with Crippen molar-refractivity contribution in [2.75, 3.05) is 33.0 Å². The van der Waals surface area contributed by atoms with Crippen molar-refractivity contribution in [3.05, 3.63) is 359 Å². The average molecular weight is 1620 g/mol. The highest BCUT2D eigenvalue weighted by molar-refractivity contribution is 6.73. The van der Waals surface area contributed by atoms with Gasteiger partial charge in [-0.1, -0.05) is 324 Å². The molecule has 19 nitrogen and oxygen atoms in total. The highest BCUT2D eigenvalue weighted by Crippen LogP contribution is 2.41. The summed E-state index contributed by atoms with van der Waals surface area (Å²) in [5.74, 6) is 0. The van der Waals surface area contributed by atoms with E-state index in [0.717, 1.165) is 73.8 Å². The highest BCUT2D eigenvalue weighted by Gasteiger charge is 2.58. The zero-order chi connectivity index (χ0) is 81.0. The molecule has 3 saturated heterocycles. The van der Waals surface area contributed by atoms with E-state index in [0.29, 0.717) is 13.0 Å². The lowest BCUT2D eigenvalue weighted by Gasteiger charge is -2.52. The van der Waals surface area contributed by atoms with Crippen molar-refractivity contribution in [1.29, 1.82) is 0 Å². The van der Waals surface area contributed by atoms with Crippen molar-refractivity contribution in [2.45, 2.75) is 204 Å². The third-order valence-electron chi connectivity index (χ3n) is 21.7. The fraction of sp³-hybridized carbons (Fsp3) is 0.378. The predicted molar refractivity (Wildman–Crippen MR) is 451 cm³/mol. The Morgan fingerprint density at radius 2 is 0.542 bits per heavy atom. The van der Waals surface area contributed by atoms with Gasteiger partial charge in [-0.15, -0.1) is 0 Å². The quantitative estimate of drug-likeness (QED) is 0.0280. The van der Waals surface area contributed by atoms with E-state index in [2.05, 4.69) is 38.2 Å². The Bertz CT molecular complexity index is 4370. The summed E-state index contributed by atoms with van der Waals surface area (Å²) in [6.07, 6.45) is -15.5. The van der Waals surface area contributed by atoms with Gasteiger partial charge < -0.3 is 85.5 Å². The Hall–Kier alpha value is -8.95. The van der Waals surface area contributed by atoms with Gasteiger partial charge in [0.25, 0.3) is 0 Å². The molecule has 3 aliphatic heterocycles. The summed E-state index contributed by atoms with van der Waals surface area (Å²) < 4.78 is 124. The summed E-state index contributed by atoms with van der Waals surface area (Å²) in [4.78, 5) is 13.1. The normalized spacial score (nSPS) is 23.3. The second kappa shape index (κ2) is 47.1. The number of nitrogens with one attached hydrogen (secondary N) is 1. The molecule has 10 aromatic carbocycles. The molecule has 3 aliphatic rings. The first-order chi connectivity index (χ1) is 58.3. The molecule has 20 heteroatoms. The molecule has 0 radical (unpaired) electrons. The first-order valence-electron chi connectivity index (χ1n) is 41.5. The molecule has 13 rings (SSSR count). The summed E-state index contributed by atoms with van der Waals surface area (Å²) >= 11 is 0. The van der Waals surface area contributed by atoms with Gasteiger partial charge in [0.05, 0.1) is 85.9 Å². The molecular weight excluding hydrogens is 1510 g/mol. The van der Waals surface area contributed by atoms with Gasteiger partial charge in [0.2, 0.25) is 0 Å². The largest absolute Gasteiger partial charge is 0.445 e. The molecule has 0 spiro atoms. The minimum absolute atomic E-state index is 0.0203. The van der Waals surface area contributed by atoms with E-state index in [9.17, 15) is 4.79 Å². The van der Waals surface area contributed by atoms with E-state index in [1.807, 2.05) is 291 Å². The van der Waals surface area contributed by atoms with Crippen LogP contribution in [0.5, 0.6) is 0 Å². The topological polar surface area (TPSA) is 186 Å². The van der Waals surface area contributed by atoms with E-state index >= 15 is 0 Å². The number of ether oxygens (including phenoxy) is 16. The first kappa shape index (κ1) is 86.9. The molecule has 0 unspecified atom stereocenters. The standard InChI is InChI=1S/C98H113NO18Si/c1-4-118(5-2,6-3)117-91-86(105-63-76-44-23-10-24-45-76)83(70-101-60-73-38-17-7-18-39-73)113-97(94(91)110-68-81-54-33-15-34-55-81)116-88-85(72-103-62-75-42-21-9-22-43-75)114-96(93(109-67-80-52-31-14-32-53-80)90(88)107-65-78-48-27-12-28-49-78)115-87-84(71-102-61-74-40-19-8-20-41-74)112-95(104-59-37-58-99-98(100)111-69-82-56-35-16-36-57-82)92(108-66-79-50-29-13-30-51-79)89(87)106-64-77-46-25-11-26-47-77/h7-36,38-57,83-97H,4-6,37,58-72H2,1-3H3,(H,99,100)/t83-,84-,85-,86+,87-,88+,89+,90+,91+,92-,93-,94-,95-,96+,97-/m1/s1. The van der Waals surface area contributed by atoms with Gasteiger partial charge in [-0.25, -0.2) is 4.79 Å². The van der Waals surface area contributed by atoms with Crippen LogP contribution in [0.2, 0.25) is 18.1 Å². The van der Waals surface area contributed by atoms with E-state index in [-0.39, 0.29) is 92.4 Å². The molecule has 0 aromatic heterocycles. The second-order valence-electron chi connectivity index (χ2n) is 29.9. The fourth-order valence-electron chi connectivity index (χ4n) is 15.0. The zero-order valence-corrected chi connectivity index (χ0v) is 68.8. The Morgan fingerprint density at radius 1 is 0.288 bits per heavy atom. The lowest BCUT2D eigenvalue weighted by atomic mass is 9.95. The number of carbonyl (C=O) groups excluding carboxylic acids is 1. The number of benzene rings is 10. The maximum Gasteiger partial charge on any atom is 0.407 e. The number of carbonyl (C=O) groups is 1. The predicted octanol–water partition coefficient (Wildman–Crippen LogP) is 17.8. The van der Waals surface area contributed by atoms with Gasteiger partial charge in [0.1, 0.15) is 79.9 Å². The van der Waals surface area contributed by atoms with Crippen LogP contribution in [0.25, 0.3) is 0 Å². The minimum Gasteiger partial charge on any atom is -0.445 e. The average Bonchev–Trinajstić information content (AvgIpc) is 0.758. The Labute approximate surface area is 696 Å². The number of hydrogen-bond acceptors (Lipinski definition) is 18. The van der Waals surface area contributed by atoms with Crippen LogP contribution in [-0.4, -0.2) is 140 Å². The van der Waals surface area contributed by atoms with Crippen molar-refractivity contribution in [1.82, 2.24) is 5.32 Å². The van der Waals surface area contributed by atoms with E-state index in [1.54, 1.807) is 0 Å². The highest BCUT2D eigenvalue weighted by atomic mass is 28.4. The molecule has 118 heavy (non-hydrogen) atoms. The van der Waals surface area contributed by atoms with E-state index in [4.69, 9.17) is 80.2 Å². The molecule has 0 aliphatic carbocycles. The molecule has 1 amide bonds. The van der Waals surface area contributed by atoms with Gasteiger partial charge in [0, 0.05) is 6.54 Å². The first-order valence-corrected chi connectivity index (χ1v) is 44.1. The lowest BCUT2D eigenvalue weighted by molar-refractivity contribution is -0.393. The zero-order valence-electron chi connectivity index (χ0n) is 67.8. The van der Waals surface area contributed by atoms with Crippen LogP contribution < -0.4 is 5.32 Å². The Morgan fingerprint density at radius 3 is 0.856 bits per heavy atom. The number of rotatable bonds is 46. The third kappa shape index (κ3) is 26.3. The van der Waals surface area contributed by atoms with Gasteiger partial charge >= 0.3 is 6.09 Å². The van der Waals surface area contributed by atoms with E-state index in [1.165, 1.54) is 0 Å². The van der Waals surface area contributed by atoms with E-state index < -0.39 is 107 Å². The van der Waals surface area contributed by atoms with Gasteiger partial charge in [-0.3, -0.25) is 0 Å². The van der Waals surface area contributed by atoms with Gasteiger partial charge in [-0.2, -0.15) is 0 Å². The fourth-order valence-corrected chi connectivity index (χ4v) is 17.8. The summed E-state index contributed by atoms with van der Waals surface area (Å²) in [5, 5.41) is 2.89. The second-order valence-corrected chi connectivity index (χ2v) is 34.7. The summed E-state index contributed by atoms with van der Waals surface area (Å²) in [6.45, 7) is 8.80. The van der Waals surface area contributed by atoms with Crippen molar-refractivity contribution in [3.8, 4) is 0 Å². The molecule has 3 fully saturated rings. The van der Waals surface area contributed by atoms with Crippen LogP contribution in [0.3, 0.4) is 0 Å². The van der Waals surface area contributed by atoms with Crippen LogP contribution in [0, 0.1) is 0 Å². The summed E-state index contributed by atoms with van der Waals surface area (Å²) in [7, 11) is -2.62. The maximum absolute atomic E-state index is 13.1. The van der Waals surface area contributed by atoms with Crippen molar-refractivity contribution >= 4 is 14.4 Å². The number of hydrogen-bond donors (Lipinski definition) is 1. The van der Waals surface area contributed by atoms with Gasteiger partial charge in [-0.05, 0) is 80.2 Å². The number of alkyl carbamates (subject to hydrolysis) is 1. The van der Waals surface area contributed by atoms with Crippen LogP contribution >= 0.6 is 0 Å². The van der Waals surface area contributed by atoms with Crippen molar-refractivity contribution < 1.29 is 85.0 Å². The monoisotopic (exact) mass is 1620 g/mol. The van der Waals surface area contributed by atoms with Crippen molar-refractivity contribution in [3.63, 3.8) is 0 Å². The van der Waals surface area contributed by atoms with Crippen LogP contribution in [0.15, 0.2) is 303 Å². The minimum atomic E-state index is -2.62. The lowest BCUT2D eigenvalue weighted by Crippen LogP contribution is -2.68. The Kier molecular flexibility index (Phi) is 34.7. The Balaban J connectivity index is 0.926. The van der Waals surface area contributed by atoms with Gasteiger partial charge in [0.15, 0.2) is 27.2 Å². The summed E-state index contributed by atoms with van der Waals surface area (Å²) in [5.41, 5.74) is 9.23. The molecule has 10 aromatic rings. The molecule has 0 bridgehead atoms. The van der Waals surface area contributed by atoms with Crippen LogP contribution in [0.4, 0.5) is 4.79 Å². The van der Waals surface area contributed by atoms with Crippen LogP contribution in [0.1, 0.15) is 82.8 Å². The SMILES string of the molecule is CC[Si](CC)(CC)O[C@H]1[C@@H](OCc2ccccc2)[C@@H](COCc2ccccc2)O[C@H](O[C@@H]2[C@H](OCc3ccccc3)[C@@H](OCc3ccccc3)[C@H](O[C@H]3[C@H](OCc4ccccc4)[C@@H](OCc4ccccc4)[C@H](OCCCNC(=O)OCc4ccccc4)O[C@@H]3COCc3ccccc3)O[C@@H]2COCc2ccccc2)[C@@H]1OCc1ccccc1. The maximum atomic E-state index is 13.1. The molecule has 622 valence electrons. The van der Waals surface area contributed by atoms with Crippen LogP contribution in [-0.2, 0) is 146 Å². The molecule has 1 N–H and O–H groups in total. The number of amides is 1.